The summed E-state index contributed by atoms with van der Waals surface area (Å²) in [5.74, 6) is 0.751. The average molecular weight is 358 g/mol. The first-order valence-electron chi connectivity index (χ1n) is 8.58. The molecule has 27 heavy (non-hydrogen) atoms. The topological polar surface area (TPSA) is 80.8 Å². The van der Waals surface area contributed by atoms with Crippen molar-refractivity contribution in [1.29, 1.82) is 0 Å². The van der Waals surface area contributed by atoms with Crippen molar-refractivity contribution in [3.63, 3.8) is 0 Å². The molecule has 0 saturated carbocycles. The maximum absolute atomic E-state index is 13.8. The van der Waals surface area contributed by atoms with Crippen LogP contribution in [-0.4, -0.2) is 26.5 Å². The molecular formula is C20H15FN6. The number of nitrogen functional groups attached to an aromatic ring is 1. The van der Waals surface area contributed by atoms with Gasteiger partial charge in [0.05, 0.1) is 5.52 Å². The fraction of sp³-hybridized carbons (Fsp3) is 0.100. The molecule has 7 heteroatoms. The summed E-state index contributed by atoms with van der Waals surface area (Å²) in [7, 11) is 0. The lowest BCUT2D eigenvalue weighted by Crippen LogP contribution is -2.15. The van der Waals surface area contributed by atoms with Gasteiger partial charge < -0.3 is 10.6 Å². The Morgan fingerprint density at radius 2 is 1.78 bits per heavy atom. The van der Waals surface area contributed by atoms with Crippen LogP contribution in [0.15, 0.2) is 55.1 Å². The summed E-state index contributed by atoms with van der Waals surface area (Å²) in [6.07, 6.45) is 5.77. The van der Waals surface area contributed by atoms with Gasteiger partial charge in [-0.2, -0.15) is 0 Å². The van der Waals surface area contributed by atoms with E-state index in [1.54, 1.807) is 24.8 Å². The van der Waals surface area contributed by atoms with Crippen LogP contribution >= 0.6 is 0 Å². The zero-order chi connectivity index (χ0) is 18.4. The molecule has 0 bridgehead atoms. The van der Waals surface area contributed by atoms with Gasteiger partial charge in [0.2, 0.25) is 5.95 Å². The molecule has 0 aliphatic carbocycles. The highest BCUT2D eigenvalue weighted by atomic mass is 19.1. The van der Waals surface area contributed by atoms with Crippen LogP contribution in [0.2, 0.25) is 0 Å². The monoisotopic (exact) mass is 358 g/mol. The summed E-state index contributed by atoms with van der Waals surface area (Å²) in [5, 5.41) is 0.893. The van der Waals surface area contributed by atoms with Crippen molar-refractivity contribution in [1.82, 2.24) is 19.9 Å². The third kappa shape index (κ3) is 2.64. The van der Waals surface area contributed by atoms with Gasteiger partial charge in [0.15, 0.2) is 0 Å². The van der Waals surface area contributed by atoms with Crippen molar-refractivity contribution >= 4 is 28.4 Å². The predicted molar refractivity (Wildman–Crippen MR) is 102 cm³/mol. The maximum Gasteiger partial charge on any atom is 0.219 e. The van der Waals surface area contributed by atoms with Gasteiger partial charge in [-0.25, -0.2) is 24.3 Å². The van der Waals surface area contributed by atoms with Crippen molar-refractivity contribution in [3.05, 3.63) is 66.5 Å². The van der Waals surface area contributed by atoms with Crippen molar-refractivity contribution in [2.24, 2.45) is 0 Å². The van der Waals surface area contributed by atoms with Crippen molar-refractivity contribution < 1.29 is 4.39 Å². The fourth-order valence-electron chi connectivity index (χ4n) is 3.50. The van der Waals surface area contributed by atoms with Crippen LogP contribution in [0.1, 0.15) is 5.56 Å². The minimum absolute atomic E-state index is 0.235. The summed E-state index contributed by atoms with van der Waals surface area (Å²) in [6, 6.07) is 10.8. The smallest absolute Gasteiger partial charge is 0.219 e. The highest BCUT2D eigenvalue weighted by molar-refractivity contribution is 5.95. The predicted octanol–water partition coefficient (Wildman–Crippen LogP) is 3.50. The Balaban J connectivity index is 1.67. The van der Waals surface area contributed by atoms with E-state index in [0.717, 1.165) is 52.1 Å². The molecule has 132 valence electrons. The molecule has 0 saturated heterocycles. The molecule has 2 aromatic carbocycles. The molecule has 3 heterocycles. The molecule has 0 atom stereocenters. The van der Waals surface area contributed by atoms with Crippen LogP contribution in [0.5, 0.6) is 0 Å². The van der Waals surface area contributed by atoms with Gasteiger partial charge >= 0.3 is 0 Å². The summed E-state index contributed by atoms with van der Waals surface area (Å²) < 4.78 is 13.8. The maximum atomic E-state index is 13.8. The summed E-state index contributed by atoms with van der Waals surface area (Å²) in [4.78, 5) is 19.0. The van der Waals surface area contributed by atoms with Crippen LogP contribution in [0.25, 0.3) is 22.0 Å². The number of nitrogens with zero attached hydrogens (tertiary/aromatic N) is 5. The lowest BCUT2D eigenvalue weighted by molar-refractivity contribution is 0.628. The molecule has 2 aromatic heterocycles. The molecule has 1 aliphatic rings. The Kier molecular flexibility index (Phi) is 3.46. The standard InChI is InChI=1S/C20H15FN6/c21-15-3-1-12-5-6-27(18(12)8-15)19-16-7-13(2-4-17(16)25-11-26-19)14-9-23-20(22)24-10-14/h1-4,7-11H,5-6H2,(H2,22,23,24). The summed E-state index contributed by atoms with van der Waals surface area (Å²) in [6.45, 7) is 0.750. The number of halogens is 1. The van der Waals surface area contributed by atoms with E-state index in [1.165, 1.54) is 6.07 Å². The van der Waals surface area contributed by atoms with Crippen LogP contribution in [0.3, 0.4) is 0 Å². The van der Waals surface area contributed by atoms with E-state index in [9.17, 15) is 4.39 Å². The number of hydrogen-bond donors (Lipinski definition) is 1. The average Bonchev–Trinajstić information content (AvgIpc) is 3.10. The van der Waals surface area contributed by atoms with Crippen LogP contribution in [0, 0.1) is 5.82 Å². The molecule has 0 amide bonds. The Morgan fingerprint density at radius 1 is 0.926 bits per heavy atom. The Labute approximate surface area is 154 Å². The van der Waals surface area contributed by atoms with E-state index in [2.05, 4.69) is 19.9 Å². The Hall–Kier alpha value is -3.61. The van der Waals surface area contributed by atoms with E-state index >= 15 is 0 Å². The van der Waals surface area contributed by atoms with Gasteiger partial charge in [0.25, 0.3) is 0 Å². The van der Waals surface area contributed by atoms with E-state index in [0.29, 0.717) is 0 Å². The molecule has 6 nitrogen and oxygen atoms in total. The fourth-order valence-corrected chi connectivity index (χ4v) is 3.50. The van der Waals surface area contributed by atoms with E-state index in [4.69, 9.17) is 5.73 Å². The molecule has 0 spiro atoms. The number of benzene rings is 2. The second-order valence-electron chi connectivity index (χ2n) is 6.43. The van der Waals surface area contributed by atoms with E-state index in [-0.39, 0.29) is 11.8 Å². The minimum Gasteiger partial charge on any atom is -0.368 e. The van der Waals surface area contributed by atoms with Crippen LogP contribution in [-0.2, 0) is 6.42 Å². The van der Waals surface area contributed by atoms with Crippen molar-refractivity contribution in [2.75, 3.05) is 17.2 Å². The quantitative estimate of drug-likeness (QED) is 0.591. The van der Waals surface area contributed by atoms with E-state index < -0.39 is 0 Å². The second-order valence-corrected chi connectivity index (χ2v) is 6.43. The number of aromatic nitrogens is 4. The van der Waals surface area contributed by atoms with Gasteiger partial charge in [-0.15, -0.1) is 0 Å². The Bertz CT molecular complexity index is 1160. The summed E-state index contributed by atoms with van der Waals surface area (Å²) >= 11 is 0. The first-order chi connectivity index (χ1) is 13.2. The first kappa shape index (κ1) is 15.6. The number of fused-ring (bicyclic) bond motifs is 2. The largest absolute Gasteiger partial charge is 0.368 e. The van der Waals surface area contributed by atoms with E-state index in [1.807, 2.05) is 29.2 Å². The Morgan fingerprint density at radius 3 is 2.63 bits per heavy atom. The van der Waals surface area contributed by atoms with Crippen LogP contribution < -0.4 is 10.6 Å². The highest BCUT2D eigenvalue weighted by Gasteiger charge is 2.23. The molecule has 1 aliphatic heterocycles. The van der Waals surface area contributed by atoms with Gasteiger partial charge in [0, 0.05) is 35.6 Å². The summed E-state index contributed by atoms with van der Waals surface area (Å²) in [5.41, 5.74) is 10.2. The molecule has 5 rings (SSSR count). The molecule has 0 unspecified atom stereocenters. The van der Waals surface area contributed by atoms with Gasteiger partial charge in [0.1, 0.15) is 18.0 Å². The third-order valence-electron chi connectivity index (χ3n) is 4.82. The lowest BCUT2D eigenvalue weighted by Gasteiger charge is -2.20. The number of rotatable bonds is 2. The molecule has 2 N–H and O–H groups in total. The first-order valence-corrected chi connectivity index (χ1v) is 8.58. The van der Waals surface area contributed by atoms with Gasteiger partial charge in [-0.05, 0) is 41.8 Å². The molecule has 0 fully saturated rings. The molecule has 0 radical (unpaired) electrons. The lowest BCUT2D eigenvalue weighted by atomic mass is 10.1. The van der Waals surface area contributed by atoms with Gasteiger partial charge in [-0.1, -0.05) is 12.1 Å². The minimum atomic E-state index is -0.251. The normalized spacial score (nSPS) is 13.1. The van der Waals surface area contributed by atoms with Crippen LogP contribution in [0.4, 0.5) is 21.8 Å². The number of anilines is 3. The van der Waals surface area contributed by atoms with Gasteiger partial charge in [-0.3, -0.25) is 0 Å². The SMILES string of the molecule is Nc1ncc(-c2ccc3ncnc(N4CCc5ccc(F)cc54)c3c2)cn1. The second kappa shape index (κ2) is 5.98. The number of hydrogen-bond acceptors (Lipinski definition) is 6. The number of nitrogens with two attached hydrogens (primary N) is 1. The molecule has 4 aromatic rings. The zero-order valence-electron chi connectivity index (χ0n) is 14.3. The molecular weight excluding hydrogens is 343 g/mol. The van der Waals surface area contributed by atoms with Crippen molar-refractivity contribution in [3.8, 4) is 11.1 Å². The zero-order valence-corrected chi connectivity index (χ0v) is 14.3. The van der Waals surface area contributed by atoms with Crippen molar-refractivity contribution in [2.45, 2.75) is 6.42 Å². The third-order valence-corrected chi connectivity index (χ3v) is 4.82. The highest BCUT2D eigenvalue weighted by Crippen LogP contribution is 2.37.